The molecule has 0 radical (unpaired) electrons. The van der Waals surface area contributed by atoms with E-state index in [4.69, 9.17) is 20.9 Å². The molecule has 2 N–H and O–H groups in total. The molecule has 0 aliphatic heterocycles. The predicted molar refractivity (Wildman–Crippen MR) is 184 cm³/mol. The average molecular weight is 639 g/mol. The van der Waals surface area contributed by atoms with Gasteiger partial charge in [0.1, 0.15) is 11.5 Å². The number of esters is 1. The molecule has 2 aromatic carbocycles. The van der Waals surface area contributed by atoms with Crippen molar-refractivity contribution in [3.63, 3.8) is 0 Å². The number of hydrogen-bond acceptors (Lipinski definition) is 7. The van der Waals surface area contributed by atoms with Gasteiger partial charge in [0.25, 0.3) is 0 Å². The molecule has 0 atom stereocenters. The van der Waals surface area contributed by atoms with E-state index in [1.54, 1.807) is 6.92 Å². The molecule has 0 amide bonds. The molecule has 0 unspecified atom stereocenters. The summed E-state index contributed by atoms with van der Waals surface area (Å²) < 4.78 is 5.23. The fourth-order valence-corrected chi connectivity index (χ4v) is 7.36. The molecular weight excluding hydrogens is 584 g/mol. The summed E-state index contributed by atoms with van der Waals surface area (Å²) in [7, 11) is 0. The minimum atomic E-state index is -0.456. The number of carbonyl (C=O) groups excluding carboxylic acids is 1. The second-order valence-corrected chi connectivity index (χ2v) is 16.7. The molecule has 0 saturated carbocycles. The molecule has 248 valence electrons. The number of phenols is 2. The smallest absolute Gasteiger partial charge is 0.306 e. The zero-order chi connectivity index (χ0) is 34.7. The fraction of sp³-hybridized carbons (Fsp3) is 0.553. The van der Waals surface area contributed by atoms with Crippen LogP contribution in [0.15, 0.2) is 34.3 Å². The number of terminal acetylenes is 1. The van der Waals surface area contributed by atoms with Crippen molar-refractivity contribution in [1.29, 1.82) is 0 Å². The summed E-state index contributed by atoms with van der Waals surface area (Å²) in [5, 5.41) is 24.0. The van der Waals surface area contributed by atoms with E-state index >= 15 is 0 Å². The Balaban J connectivity index is 3.05. The molecule has 0 heterocycles. The summed E-state index contributed by atoms with van der Waals surface area (Å²) in [5.74, 6) is 0.502. The van der Waals surface area contributed by atoms with E-state index in [1.165, 1.54) is 11.8 Å². The molecular formula is C38H54O6S. The third-order valence-electron chi connectivity index (χ3n) is 7.44. The number of allylic oxidation sites excluding steroid dienone is 1. The molecule has 7 heteroatoms. The Labute approximate surface area is 275 Å². The van der Waals surface area contributed by atoms with Gasteiger partial charge in [-0.2, -0.15) is 0 Å². The maximum absolute atomic E-state index is 12.4. The molecule has 0 bridgehead atoms. The molecule has 0 fully saturated rings. The van der Waals surface area contributed by atoms with Gasteiger partial charge >= 0.3 is 5.97 Å². The standard InChI is InChI=1S/C38H54O6S/c1-16-42-28(39)19-18-24-22-27(30(37(10,11)12)33(41)29(24)36(7,8)9)45-34-25(20-23(3)44-43-17-2)21-26(35(4,5)6)32(40)31(34)38(13,14)15/h2,21-22,40-41H,3,16,18-20H2,1,4-15H3. The first-order chi connectivity index (χ1) is 20.4. The SMILES string of the molecule is C#COOC(=C)Cc1cc(C(C)(C)C)c(O)c(C(C)(C)C)c1Sc1cc(CCC(=O)OCC)c(C(C)(C)C)c(O)c1C(C)(C)C. The predicted octanol–water partition coefficient (Wildman–Crippen LogP) is 9.53. The lowest BCUT2D eigenvalue weighted by Crippen LogP contribution is -2.22. The summed E-state index contributed by atoms with van der Waals surface area (Å²) >= 11 is 1.50. The van der Waals surface area contributed by atoms with Crippen LogP contribution in [0.4, 0.5) is 0 Å². The minimum Gasteiger partial charge on any atom is -0.507 e. The summed E-state index contributed by atoms with van der Waals surface area (Å²) in [5.41, 5.74) is 3.32. The average Bonchev–Trinajstić information content (AvgIpc) is 2.84. The Bertz CT molecular complexity index is 1450. The highest BCUT2D eigenvalue weighted by Crippen LogP contribution is 2.52. The normalized spacial score (nSPS) is 12.4. The van der Waals surface area contributed by atoms with Crippen LogP contribution in [-0.2, 0) is 53.8 Å². The lowest BCUT2D eigenvalue weighted by Gasteiger charge is -2.34. The zero-order valence-electron chi connectivity index (χ0n) is 29.7. The first-order valence-corrected chi connectivity index (χ1v) is 16.4. The first kappa shape index (κ1) is 37.9. The van der Waals surface area contributed by atoms with Gasteiger partial charge in [-0.25, -0.2) is 4.89 Å². The molecule has 2 rings (SSSR count). The number of ether oxygens (including phenoxy) is 1. The van der Waals surface area contributed by atoms with E-state index in [0.717, 1.165) is 43.2 Å². The topological polar surface area (TPSA) is 85.2 Å². The van der Waals surface area contributed by atoms with E-state index in [0.29, 0.717) is 18.8 Å². The Morgan fingerprint density at radius 1 is 0.844 bits per heavy atom. The number of rotatable bonds is 10. The van der Waals surface area contributed by atoms with Crippen molar-refractivity contribution < 1.29 is 29.5 Å². The van der Waals surface area contributed by atoms with Crippen LogP contribution in [0.3, 0.4) is 0 Å². The van der Waals surface area contributed by atoms with E-state index in [2.05, 4.69) is 95.7 Å². The third-order valence-corrected chi connectivity index (χ3v) is 8.66. The van der Waals surface area contributed by atoms with Crippen LogP contribution < -0.4 is 0 Å². The lowest BCUT2D eigenvalue weighted by molar-refractivity contribution is -0.198. The molecule has 0 spiro atoms. The molecule has 6 nitrogen and oxygen atoms in total. The Morgan fingerprint density at radius 3 is 1.87 bits per heavy atom. The summed E-state index contributed by atoms with van der Waals surface area (Å²) in [6.45, 7) is 31.0. The number of phenolic OH excluding ortho intramolecular Hbond substituents is 2. The van der Waals surface area contributed by atoms with Gasteiger partial charge < -0.3 is 14.9 Å². The van der Waals surface area contributed by atoms with Gasteiger partial charge in [-0.3, -0.25) is 9.68 Å². The van der Waals surface area contributed by atoms with Gasteiger partial charge in [0.2, 0.25) is 0 Å². The Hall–Kier alpha value is -3.24. The van der Waals surface area contributed by atoms with Crippen LogP contribution in [0.25, 0.3) is 0 Å². The van der Waals surface area contributed by atoms with Crippen LogP contribution in [0.5, 0.6) is 11.5 Å². The van der Waals surface area contributed by atoms with Crippen LogP contribution in [0, 0.1) is 12.5 Å². The highest BCUT2D eigenvalue weighted by molar-refractivity contribution is 7.99. The minimum absolute atomic E-state index is 0.196. The van der Waals surface area contributed by atoms with Crippen molar-refractivity contribution in [3.8, 4) is 24.0 Å². The monoisotopic (exact) mass is 638 g/mol. The molecule has 45 heavy (non-hydrogen) atoms. The van der Waals surface area contributed by atoms with Crippen molar-refractivity contribution in [2.75, 3.05) is 6.61 Å². The van der Waals surface area contributed by atoms with Crippen molar-refractivity contribution in [1.82, 2.24) is 0 Å². The largest absolute Gasteiger partial charge is 0.507 e. The summed E-state index contributed by atoms with van der Waals surface area (Å²) in [6.07, 6.45) is 8.15. The van der Waals surface area contributed by atoms with Crippen LogP contribution in [0.2, 0.25) is 0 Å². The zero-order valence-corrected chi connectivity index (χ0v) is 30.5. The highest BCUT2D eigenvalue weighted by Gasteiger charge is 2.35. The maximum Gasteiger partial charge on any atom is 0.306 e. The number of aromatic hydroxyl groups is 2. The summed E-state index contributed by atoms with van der Waals surface area (Å²) in [4.78, 5) is 24.1. The maximum atomic E-state index is 12.4. The number of benzene rings is 2. The fourth-order valence-electron chi connectivity index (χ4n) is 5.67. The molecule has 0 saturated heterocycles. The molecule has 2 aromatic rings. The van der Waals surface area contributed by atoms with Crippen molar-refractivity contribution in [2.24, 2.45) is 0 Å². The van der Waals surface area contributed by atoms with Crippen molar-refractivity contribution in [2.45, 2.75) is 141 Å². The lowest BCUT2D eigenvalue weighted by atomic mass is 9.76. The number of hydrogen-bond donors (Lipinski definition) is 2. The molecule has 0 aromatic heterocycles. The van der Waals surface area contributed by atoms with Crippen molar-refractivity contribution >= 4 is 17.7 Å². The van der Waals surface area contributed by atoms with E-state index in [-0.39, 0.29) is 35.7 Å². The van der Waals surface area contributed by atoms with E-state index < -0.39 is 16.2 Å². The Morgan fingerprint density at radius 2 is 1.40 bits per heavy atom. The van der Waals surface area contributed by atoms with E-state index in [1.807, 2.05) is 12.2 Å². The number of aryl methyl sites for hydroxylation is 1. The third kappa shape index (κ3) is 9.39. The van der Waals surface area contributed by atoms with Gasteiger partial charge in [0, 0.05) is 39.3 Å². The first-order valence-electron chi connectivity index (χ1n) is 15.5. The van der Waals surface area contributed by atoms with Crippen LogP contribution >= 0.6 is 11.8 Å². The quantitative estimate of drug-likeness (QED) is 0.0881. The highest BCUT2D eigenvalue weighted by atomic mass is 32.2. The van der Waals surface area contributed by atoms with Crippen LogP contribution in [-0.4, -0.2) is 22.8 Å². The van der Waals surface area contributed by atoms with E-state index in [9.17, 15) is 15.0 Å². The second kappa shape index (κ2) is 14.0. The van der Waals surface area contributed by atoms with Crippen molar-refractivity contribution in [3.05, 3.63) is 57.9 Å². The summed E-state index contributed by atoms with van der Waals surface area (Å²) in [6, 6.07) is 4.10. The molecule has 0 aliphatic rings. The number of carbonyl (C=O) groups is 1. The van der Waals surface area contributed by atoms with Gasteiger partial charge in [-0.05, 0) is 63.8 Å². The van der Waals surface area contributed by atoms with Crippen LogP contribution in [0.1, 0.15) is 130 Å². The van der Waals surface area contributed by atoms with Gasteiger partial charge in [-0.15, -0.1) is 0 Å². The van der Waals surface area contributed by atoms with Gasteiger partial charge in [-0.1, -0.05) is 108 Å². The molecule has 0 aliphatic carbocycles. The second-order valence-electron chi connectivity index (χ2n) is 15.7. The van der Waals surface area contributed by atoms with Gasteiger partial charge in [0.15, 0.2) is 11.9 Å². The Kier molecular flexibility index (Phi) is 11.8. The van der Waals surface area contributed by atoms with Gasteiger partial charge in [0.05, 0.1) is 6.61 Å².